The monoisotopic (exact) mass is 377 g/mol. The summed E-state index contributed by atoms with van der Waals surface area (Å²) >= 11 is 0.943. The second-order valence-electron chi connectivity index (χ2n) is 5.81. The zero-order chi connectivity index (χ0) is 19.2. The van der Waals surface area contributed by atoms with Crippen molar-refractivity contribution in [3.63, 3.8) is 0 Å². The van der Waals surface area contributed by atoms with Crippen molar-refractivity contribution in [2.75, 3.05) is 11.5 Å². The van der Waals surface area contributed by atoms with E-state index in [4.69, 9.17) is 4.74 Å². The molecule has 0 atom stereocenters. The van der Waals surface area contributed by atoms with Crippen molar-refractivity contribution < 1.29 is 14.3 Å². The van der Waals surface area contributed by atoms with Gasteiger partial charge in [0.1, 0.15) is 12.4 Å². The molecule has 2 aromatic rings. The number of allylic oxidation sites excluding steroid dienone is 1. The van der Waals surface area contributed by atoms with Gasteiger partial charge >= 0.3 is 0 Å². The molecule has 0 bridgehead atoms. The van der Waals surface area contributed by atoms with Crippen LogP contribution in [-0.2, 0) is 11.2 Å². The third-order valence-electron chi connectivity index (χ3n) is 3.91. The van der Waals surface area contributed by atoms with Crippen molar-refractivity contribution in [1.29, 1.82) is 0 Å². The largest absolute Gasteiger partial charge is 0.489 e. The number of benzene rings is 2. The number of hydrogen-bond acceptors (Lipinski definition) is 4. The summed E-state index contributed by atoms with van der Waals surface area (Å²) in [5, 5.41) is -0.297. The number of imide groups is 1. The van der Waals surface area contributed by atoms with Crippen molar-refractivity contribution >= 4 is 34.7 Å². The van der Waals surface area contributed by atoms with Crippen molar-refractivity contribution in [2.45, 2.75) is 6.42 Å². The maximum absolute atomic E-state index is 12.7. The number of carbonyl (C=O) groups excluding carboxylic acids is 2. The minimum Gasteiger partial charge on any atom is -0.489 e. The zero-order valence-corrected chi connectivity index (χ0v) is 15.6. The van der Waals surface area contributed by atoms with Gasteiger partial charge < -0.3 is 4.74 Å². The number of rotatable bonds is 7. The van der Waals surface area contributed by atoms with Gasteiger partial charge in [0.05, 0.1) is 10.6 Å². The van der Waals surface area contributed by atoms with Crippen LogP contribution in [0.25, 0.3) is 6.08 Å². The molecule has 0 spiro atoms. The first-order chi connectivity index (χ1) is 13.1. The number of anilines is 1. The molecule has 3 rings (SSSR count). The van der Waals surface area contributed by atoms with Crippen LogP contribution in [0.1, 0.15) is 11.1 Å². The van der Waals surface area contributed by atoms with Crippen LogP contribution in [0.4, 0.5) is 10.5 Å². The number of hydrogen-bond donors (Lipinski definition) is 0. The Morgan fingerprint density at radius 2 is 1.81 bits per heavy atom. The lowest BCUT2D eigenvalue weighted by Crippen LogP contribution is -2.27. The van der Waals surface area contributed by atoms with Gasteiger partial charge in [0.25, 0.3) is 11.1 Å². The number of amides is 2. The van der Waals surface area contributed by atoms with Gasteiger partial charge in [-0.15, -0.1) is 6.58 Å². The van der Waals surface area contributed by atoms with Crippen LogP contribution in [-0.4, -0.2) is 17.8 Å². The highest BCUT2D eigenvalue weighted by Gasteiger charge is 2.36. The Bertz CT molecular complexity index is 918. The summed E-state index contributed by atoms with van der Waals surface area (Å²) in [6.45, 7) is 7.84. The van der Waals surface area contributed by atoms with Crippen LogP contribution in [0.2, 0.25) is 0 Å². The molecular formula is C22H19NO3S. The van der Waals surface area contributed by atoms with Crippen molar-refractivity contribution in [1.82, 2.24) is 0 Å². The topological polar surface area (TPSA) is 46.6 Å². The Morgan fingerprint density at radius 3 is 2.52 bits per heavy atom. The minimum atomic E-state index is -0.312. The van der Waals surface area contributed by atoms with Crippen molar-refractivity contribution in [2.24, 2.45) is 0 Å². The average Bonchev–Trinajstić information content (AvgIpc) is 2.95. The van der Waals surface area contributed by atoms with E-state index < -0.39 is 0 Å². The molecule has 27 heavy (non-hydrogen) atoms. The molecular weight excluding hydrogens is 358 g/mol. The second kappa shape index (κ2) is 8.56. The van der Waals surface area contributed by atoms with Gasteiger partial charge in [0.15, 0.2) is 0 Å². The summed E-state index contributed by atoms with van der Waals surface area (Å²) in [6.07, 6.45) is 5.85. The molecule has 2 amide bonds. The first-order valence-electron chi connectivity index (χ1n) is 8.44. The lowest BCUT2D eigenvalue weighted by Gasteiger charge is -2.12. The molecule has 1 fully saturated rings. The Balaban J connectivity index is 1.89. The first-order valence-corrected chi connectivity index (χ1v) is 9.26. The second-order valence-corrected chi connectivity index (χ2v) is 6.81. The molecule has 0 aromatic heterocycles. The van der Waals surface area contributed by atoms with Gasteiger partial charge in [-0.1, -0.05) is 43.0 Å². The molecule has 1 saturated heterocycles. The fourth-order valence-electron chi connectivity index (χ4n) is 2.71. The van der Waals surface area contributed by atoms with Crippen molar-refractivity contribution in [3.05, 3.63) is 89.9 Å². The summed E-state index contributed by atoms with van der Waals surface area (Å²) in [5.74, 6) is 0.442. The number of para-hydroxylation sites is 1. The standard InChI is InChI=1S/C22H19NO3S/c1-3-8-17-14-16(11-12-19(17)26-13-4-2)15-20-21(24)23(22(25)27-20)18-9-6-5-7-10-18/h3-7,9-12,14-15H,1-2,8,13H2/b20-15-. The van der Waals surface area contributed by atoms with Gasteiger partial charge in [0.2, 0.25) is 0 Å². The molecule has 1 aliphatic heterocycles. The third-order valence-corrected chi connectivity index (χ3v) is 4.78. The smallest absolute Gasteiger partial charge is 0.298 e. The normalized spacial score (nSPS) is 15.3. The molecule has 0 N–H and O–H groups in total. The molecule has 5 heteroatoms. The SMILES string of the molecule is C=CCOc1ccc(/C=C2\SC(=O)N(c3ccccc3)C2=O)cc1CC=C. The highest BCUT2D eigenvalue weighted by Crippen LogP contribution is 2.36. The Labute approximate surface area is 162 Å². The molecule has 0 radical (unpaired) electrons. The molecule has 1 aliphatic rings. The molecule has 2 aromatic carbocycles. The number of carbonyl (C=O) groups is 2. The maximum Gasteiger partial charge on any atom is 0.298 e. The fourth-order valence-corrected chi connectivity index (χ4v) is 3.55. The third kappa shape index (κ3) is 4.20. The molecule has 0 aliphatic carbocycles. The number of nitrogens with zero attached hydrogens (tertiary/aromatic N) is 1. The highest BCUT2D eigenvalue weighted by atomic mass is 32.2. The van der Waals surface area contributed by atoms with E-state index in [1.54, 1.807) is 42.5 Å². The number of thioether (sulfide) groups is 1. The summed E-state index contributed by atoms with van der Waals surface area (Å²) < 4.78 is 5.66. The molecule has 4 nitrogen and oxygen atoms in total. The molecule has 136 valence electrons. The van der Waals surface area contributed by atoms with E-state index in [2.05, 4.69) is 13.2 Å². The van der Waals surface area contributed by atoms with Crippen LogP contribution < -0.4 is 9.64 Å². The number of ether oxygens (including phenoxy) is 1. The van der Waals surface area contributed by atoms with Gasteiger partial charge in [-0.2, -0.15) is 0 Å². The van der Waals surface area contributed by atoms with E-state index in [0.29, 0.717) is 23.6 Å². The molecule has 1 heterocycles. The van der Waals surface area contributed by atoms with Crippen LogP contribution in [0, 0.1) is 0 Å². The van der Waals surface area contributed by atoms with Crippen LogP contribution in [0.5, 0.6) is 5.75 Å². The highest BCUT2D eigenvalue weighted by molar-refractivity contribution is 8.19. The molecule has 0 saturated carbocycles. The quantitative estimate of drug-likeness (QED) is 0.490. The maximum atomic E-state index is 12.7. The van der Waals surface area contributed by atoms with Crippen LogP contribution >= 0.6 is 11.8 Å². The van der Waals surface area contributed by atoms with Crippen molar-refractivity contribution in [3.8, 4) is 5.75 Å². The minimum absolute atomic E-state index is 0.297. The summed E-state index contributed by atoms with van der Waals surface area (Å²) in [7, 11) is 0. The van der Waals surface area contributed by atoms with Gasteiger partial charge in [-0.05, 0) is 59.7 Å². The first kappa shape index (κ1) is 18.7. The molecule has 0 unspecified atom stereocenters. The van der Waals surface area contributed by atoms with Gasteiger partial charge in [-0.25, -0.2) is 4.90 Å². The summed E-state index contributed by atoms with van der Waals surface area (Å²) in [4.78, 5) is 26.6. The summed E-state index contributed by atoms with van der Waals surface area (Å²) in [5.41, 5.74) is 2.36. The predicted octanol–water partition coefficient (Wildman–Crippen LogP) is 5.22. The van der Waals surface area contributed by atoms with E-state index in [-0.39, 0.29) is 11.1 Å². The fraction of sp³-hybridized carbons (Fsp3) is 0.0909. The van der Waals surface area contributed by atoms with E-state index in [1.807, 2.05) is 24.3 Å². The Morgan fingerprint density at radius 1 is 1.04 bits per heavy atom. The lowest BCUT2D eigenvalue weighted by molar-refractivity contribution is -0.113. The van der Waals surface area contributed by atoms with E-state index in [1.165, 1.54) is 4.90 Å². The predicted molar refractivity (Wildman–Crippen MR) is 111 cm³/mol. The zero-order valence-electron chi connectivity index (χ0n) is 14.8. The van der Waals surface area contributed by atoms with Crippen LogP contribution in [0.3, 0.4) is 0 Å². The van der Waals surface area contributed by atoms with Crippen LogP contribution in [0.15, 0.2) is 78.7 Å². The lowest BCUT2D eigenvalue weighted by atomic mass is 10.1. The van der Waals surface area contributed by atoms with E-state index in [0.717, 1.165) is 28.6 Å². The van der Waals surface area contributed by atoms with E-state index >= 15 is 0 Å². The Kier molecular flexibility index (Phi) is 5.94. The van der Waals surface area contributed by atoms with E-state index in [9.17, 15) is 9.59 Å². The average molecular weight is 377 g/mol. The Hall–Kier alpha value is -3.05. The van der Waals surface area contributed by atoms with Gasteiger partial charge in [-0.3, -0.25) is 9.59 Å². The van der Waals surface area contributed by atoms with Gasteiger partial charge in [0, 0.05) is 0 Å². The summed E-state index contributed by atoms with van der Waals surface area (Å²) in [6, 6.07) is 14.6.